The molecule has 0 amide bonds. The van der Waals surface area contributed by atoms with Crippen molar-refractivity contribution in [3.8, 4) is 22.8 Å². The number of unbranched alkanes of at least 4 members (excludes halogenated alkanes) is 1. The fourth-order valence-electron chi connectivity index (χ4n) is 4.82. The molecule has 1 aliphatic carbocycles. The number of pyridine rings is 2. The van der Waals surface area contributed by atoms with Crippen LogP contribution in [0.4, 0.5) is 5.69 Å². The highest BCUT2D eigenvalue weighted by atomic mass is 33.1. The molecule has 0 fully saturated rings. The molecule has 0 saturated carbocycles. The van der Waals surface area contributed by atoms with E-state index in [1.54, 1.807) is 6.20 Å². The molecule has 0 bridgehead atoms. The second-order valence-electron chi connectivity index (χ2n) is 9.32. The first-order valence-corrected chi connectivity index (χ1v) is 15.3. The largest absolute Gasteiger partial charge is 0.504 e. The van der Waals surface area contributed by atoms with Crippen molar-refractivity contribution in [1.29, 1.82) is 0 Å². The third-order valence-electron chi connectivity index (χ3n) is 6.74. The number of non-ortho nitro benzene ring substituents is 1. The molecule has 13 heteroatoms. The molecule has 4 aromatic rings. The van der Waals surface area contributed by atoms with E-state index in [2.05, 4.69) is 4.98 Å². The van der Waals surface area contributed by atoms with Crippen LogP contribution in [0, 0.1) is 10.1 Å². The fraction of sp³-hybridized carbons (Fsp3) is 0.241. The number of fused-ring (bicyclic) bond motifs is 5. The molecule has 216 valence electrons. The summed E-state index contributed by atoms with van der Waals surface area (Å²) in [5, 5.41) is 22.9. The van der Waals surface area contributed by atoms with Crippen molar-refractivity contribution in [3.05, 3.63) is 86.3 Å². The first-order valence-electron chi connectivity index (χ1n) is 13.0. The van der Waals surface area contributed by atoms with Gasteiger partial charge in [0.2, 0.25) is 0 Å². The fourth-order valence-corrected chi connectivity index (χ4v) is 6.53. The monoisotopic (exact) mass is 607 g/mol. The van der Waals surface area contributed by atoms with E-state index < -0.39 is 16.3 Å². The highest BCUT2D eigenvalue weighted by Crippen LogP contribution is 2.44. The zero-order valence-corrected chi connectivity index (χ0v) is 24.0. The molecule has 2 aromatic carbocycles. The van der Waals surface area contributed by atoms with Gasteiger partial charge in [-0.05, 0) is 54.0 Å². The van der Waals surface area contributed by atoms with Crippen LogP contribution in [0.2, 0.25) is 0 Å². The summed E-state index contributed by atoms with van der Waals surface area (Å²) in [5.41, 5.74) is 0.428. The van der Waals surface area contributed by atoms with Crippen LogP contribution in [0.25, 0.3) is 22.0 Å². The molecule has 2 aromatic heterocycles. The number of nitrogens with zero attached hydrogens (tertiary/aromatic N) is 3. The van der Waals surface area contributed by atoms with E-state index in [9.17, 15) is 29.6 Å². The zero-order chi connectivity index (χ0) is 29.8. The van der Waals surface area contributed by atoms with Gasteiger partial charge in [-0.15, -0.1) is 0 Å². The van der Waals surface area contributed by atoms with Gasteiger partial charge in [0.25, 0.3) is 11.2 Å². The van der Waals surface area contributed by atoms with Crippen LogP contribution < -0.4 is 10.3 Å². The van der Waals surface area contributed by atoms with Crippen molar-refractivity contribution in [1.82, 2.24) is 9.55 Å². The van der Waals surface area contributed by atoms with E-state index in [0.29, 0.717) is 35.2 Å². The predicted octanol–water partition coefficient (Wildman–Crippen LogP) is 5.38. The molecule has 0 spiro atoms. The van der Waals surface area contributed by atoms with Gasteiger partial charge in [0, 0.05) is 53.6 Å². The summed E-state index contributed by atoms with van der Waals surface area (Å²) in [5.74, 6) is -0.251. The number of aromatic hydroxyl groups is 1. The van der Waals surface area contributed by atoms with Gasteiger partial charge in [-0.2, -0.15) is 0 Å². The van der Waals surface area contributed by atoms with Crippen LogP contribution in [-0.2, 0) is 16.1 Å². The molecule has 0 unspecified atom stereocenters. The number of ketones is 1. The Labute approximate surface area is 247 Å². The third kappa shape index (κ3) is 5.83. The van der Waals surface area contributed by atoms with Crippen molar-refractivity contribution < 1.29 is 29.1 Å². The van der Waals surface area contributed by atoms with Gasteiger partial charge in [0.15, 0.2) is 17.3 Å². The average Bonchev–Trinajstić information content (AvgIpc) is 3.27. The highest BCUT2D eigenvalue weighted by Gasteiger charge is 2.34. The Morgan fingerprint density at radius 3 is 2.67 bits per heavy atom. The first kappa shape index (κ1) is 29.1. The van der Waals surface area contributed by atoms with E-state index in [0.717, 1.165) is 5.03 Å². The van der Waals surface area contributed by atoms with Gasteiger partial charge in [-0.25, -0.2) is 4.98 Å². The van der Waals surface area contributed by atoms with Crippen molar-refractivity contribution in [2.24, 2.45) is 0 Å². The number of ether oxygens (including phenoxy) is 2. The quantitative estimate of drug-likeness (QED) is 0.0639. The number of carbonyl (C=O) groups excluding carboxylic acids is 2. The van der Waals surface area contributed by atoms with E-state index >= 15 is 0 Å². The smallest absolute Gasteiger partial charge is 0.305 e. The Morgan fingerprint density at radius 2 is 1.93 bits per heavy atom. The van der Waals surface area contributed by atoms with Gasteiger partial charge in [-0.1, -0.05) is 16.9 Å². The minimum absolute atomic E-state index is 0.0424. The van der Waals surface area contributed by atoms with Crippen LogP contribution in [0.15, 0.2) is 64.5 Å². The summed E-state index contributed by atoms with van der Waals surface area (Å²) in [6.45, 7) is 0.410. The topological polar surface area (TPSA) is 151 Å². The summed E-state index contributed by atoms with van der Waals surface area (Å²) >= 11 is 0. The molecule has 1 N–H and O–H groups in total. The molecule has 0 saturated heterocycles. The zero-order valence-electron chi connectivity index (χ0n) is 22.4. The lowest BCUT2D eigenvalue weighted by molar-refractivity contribution is -0.384. The lowest BCUT2D eigenvalue weighted by Crippen LogP contribution is -2.23. The number of esters is 1. The molecular formula is C29H25N3O8S2. The highest BCUT2D eigenvalue weighted by molar-refractivity contribution is 8.76. The Kier molecular flexibility index (Phi) is 8.78. The molecule has 5 rings (SSSR count). The van der Waals surface area contributed by atoms with Crippen molar-refractivity contribution in [2.75, 3.05) is 19.5 Å². The molecule has 0 radical (unpaired) electrons. The van der Waals surface area contributed by atoms with Gasteiger partial charge in [0.05, 0.1) is 28.7 Å². The van der Waals surface area contributed by atoms with Crippen molar-refractivity contribution in [2.45, 2.75) is 30.8 Å². The summed E-state index contributed by atoms with van der Waals surface area (Å²) in [4.78, 5) is 54.5. The number of nitro groups is 1. The van der Waals surface area contributed by atoms with Crippen LogP contribution in [-0.4, -0.2) is 50.8 Å². The van der Waals surface area contributed by atoms with Crippen LogP contribution in [0.3, 0.4) is 0 Å². The first-order chi connectivity index (χ1) is 20.3. The third-order valence-corrected chi connectivity index (χ3v) is 8.97. The molecule has 42 heavy (non-hydrogen) atoms. The maximum Gasteiger partial charge on any atom is 0.305 e. The van der Waals surface area contributed by atoms with E-state index in [-0.39, 0.29) is 59.2 Å². The average molecular weight is 608 g/mol. The summed E-state index contributed by atoms with van der Waals surface area (Å²) in [6.07, 6.45) is 2.68. The number of methoxy groups -OCH3 is 1. The predicted molar refractivity (Wildman–Crippen MR) is 159 cm³/mol. The van der Waals surface area contributed by atoms with Gasteiger partial charge < -0.3 is 19.1 Å². The van der Waals surface area contributed by atoms with Gasteiger partial charge in [-0.3, -0.25) is 24.5 Å². The van der Waals surface area contributed by atoms with Crippen LogP contribution in [0.1, 0.15) is 35.2 Å². The molecule has 0 atom stereocenters. The number of benzene rings is 2. The van der Waals surface area contributed by atoms with Crippen LogP contribution >= 0.6 is 21.6 Å². The number of nitro benzene ring substituents is 1. The number of phenolic OH excluding ortho intramolecular Hbond substituents is 1. The standard InChI is InChI=1S/C29H25N3O8S2/c1-39-23-16-19-20(15-22(23)33)28(35)26-18-9-8-17(32(37)38)14-21(18)29(36)31(27(19)26)11-5-3-7-25(34)40-12-13-41-42-24-6-2-4-10-30-24/h2,4,6,8-10,14-16,33H,3,5,7,11-13H2,1H3. The van der Waals surface area contributed by atoms with E-state index in [1.807, 2.05) is 18.2 Å². The van der Waals surface area contributed by atoms with Gasteiger partial charge in [0.1, 0.15) is 11.6 Å². The Hall–Kier alpha value is -4.36. The minimum atomic E-state index is -0.600. The molecule has 11 nitrogen and oxygen atoms in total. The summed E-state index contributed by atoms with van der Waals surface area (Å²) in [6, 6.07) is 12.3. The Balaban J connectivity index is 1.32. The summed E-state index contributed by atoms with van der Waals surface area (Å²) in [7, 11) is 4.41. The normalized spacial score (nSPS) is 11.8. The minimum Gasteiger partial charge on any atom is -0.504 e. The number of rotatable bonds is 12. The summed E-state index contributed by atoms with van der Waals surface area (Å²) < 4.78 is 12.0. The second-order valence-corrected chi connectivity index (χ2v) is 11.8. The number of phenols is 1. The maximum atomic E-state index is 13.7. The SMILES string of the molecule is COc1cc2c(cc1O)C(=O)c1c-2n(CCCCC(=O)OCCSSc2ccccn2)c(=O)c2cc([N+](=O)[O-])ccc12. The Morgan fingerprint density at radius 1 is 1.10 bits per heavy atom. The number of carbonyl (C=O) groups is 2. The van der Waals surface area contributed by atoms with Crippen molar-refractivity contribution in [3.63, 3.8) is 0 Å². The van der Waals surface area contributed by atoms with Crippen LogP contribution in [0.5, 0.6) is 11.5 Å². The maximum absolute atomic E-state index is 13.7. The number of aromatic nitrogens is 2. The molecule has 2 heterocycles. The number of hydrogen-bond acceptors (Lipinski definition) is 11. The Bertz CT molecular complexity index is 1760. The molecule has 0 aliphatic heterocycles. The molecular weight excluding hydrogens is 582 g/mol. The van der Waals surface area contributed by atoms with Crippen molar-refractivity contribution >= 4 is 49.8 Å². The van der Waals surface area contributed by atoms with Gasteiger partial charge >= 0.3 is 5.97 Å². The van der Waals surface area contributed by atoms with E-state index in [1.165, 1.54) is 63.6 Å². The second kappa shape index (κ2) is 12.7. The lowest BCUT2D eigenvalue weighted by Gasteiger charge is -2.15. The van der Waals surface area contributed by atoms with E-state index in [4.69, 9.17) is 9.47 Å². The molecule has 1 aliphatic rings. The lowest BCUT2D eigenvalue weighted by atomic mass is 10.0. The number of hydrogen-bond donors (Lipinski definition) is 1.